The van der Waals surface area contributed by atoms with Crippen molar-refractivity contribution in [1.29, 1.82) is 0 Å². The number of halogens is 1. The average Bonchev–Trinajstić information content (AvgIpc) is 2.98. The second kappa shape index (κ2) is 6.94. The lowest BCUT2D eigenvalue weighted by atomic mass is 10.1. The minimum Gasteiger partial charge on any atom is -0.352 e. The Morgan fingerprint density at radius 3 is 2.60 bits per heavy atom. The quantitative estimate of drug-likeness (QED) is 0.654. The van der Waals surface area contributed by atoms with Crippen molar-refractivity contribution < 1.29 is 0 Å². The first-order valence-electron chi connectivity index (χ1n) is 7.39. The Hall–Kier alpha value is -0.550. The maximum Gasteiger partial charge on any atom is 0.195 e. The van der Waals surface area contributed by atoms with Gasteiger partial charge in [0.15, 0.2) is 10.8 Å². The SMILES string of the molecule is CCC(CC)N(CC(C)C)c1nc2sccn2c1CBr. The zero-order valence-corrected chi connectivity index (χ0v) is 15.2. The Balaban J connectivity index is 2.46. The van der Waals surface area contributed by atoms with Gasteiger partial charge in [0, 0.05) is 29.5 Å². The third-order valence-corrected chi connectivity index (χ3v) is 4.97. The van der Waals surface area contributed by atoms with E-state index in [9.17, 15) is 0 Å². The Morgan fingerprint density at radius 2 is 2.05 bits per heavy atom. The molecule has 3 nitrogen and oxygen atoms in total. The molecule has 0 aromatic carbocycles. The molecule has 0 bridgehead atoms. The molecule has 0 radical (unpaired) electrons. The highest BCUT2D eigenvalue weighted by molar-refractivity contribution is 9.08. The average molecular weight is 358 g/mol. The number of alkyl halides is 1. The summed E-state index contributed by atoms with van der Waals surface area (Å²) in [6, 6.07) is 0.569. The third-order valence-electron chi connectivity index (χ3n) is 3.68. The summed E-state index contributed by atoms with van der Waals surface area (Å²) in [6.07, 6.45) is 4.44. The van der Waals surface area contributed by atoms with Crippen LogP contribution in [0, 0.1) is 5.92 Å². The molecule has 0 amide bonds. The minimum atomic E-state index is 0.569. The molecule has 0 aliphatic heterocycles. The molecule has 0 fully saturated rings. The summed E-state index contributed by atoms with van der Waals surface area (Å²) in [6.45, 7) is 10.2. The Kier molecular flexibility index (Phi) is 5.49. The molecule has 2 aromatic rings. The Bertz CT molecular complexity index is 542. The van der Waals surface area contributed by atoms with E-state index in [2.05, 4.69) is 64.5 Å². The van der Waals surface area contributed by atoms with Crippen molar-refractivity contribution in [2.24, 2.45) is 5.92 Å². The minimum absolute atomic E-state index is 0.569. The number of nitrogens with zero attached hydrogens (tertiary/aromatic N) is 3. The molecule has 0 saturated carbocycles. The summed E-state index contributed by atoms with van der Waals surface area (Å²) in [5, 5.41) is 2.94. The number of hydrogen-bond donors (Lipinski definition) is 0. The molecular formula is C15H24BrN3S. The van der Waals surface area contributed by atoms with Crippen LogP contribution in [-0.2, 0) is 5.33 Å². The molecule has 0 saturated heterocycles. The molecule has 0 aliphatic carbocycles. The fraction of sp³-hybridized carbons (Fsp3) is 0.667. The van der Waals surface area contributed by atoms with Crippen LogP contribution in [0.5, 0.6) is 0 Å². The van der Waals surface area contributed by atoms with Gasteiger partial charge in [-0.15, -0.1) is 11.3 Å². The summed E-state index contributed by atoms with van der Waals surface area (Å²) in [5.74, 6) is 1.80. The van der Waals surface area contributed by atoms with Gasteiger partial charge in [0.05, 0.1) is 5.69 Å². The zero-order valence-electron chi connectivity index (χ0n) is 12.8. The van der Waals surface area contributed by atoms with Gasteiger partial charge >= 0.3 is 0 Å². The van der Waals surface area contributed by atoms with Crippen molar-refractivity contribution in [3.63, 3.8) is 0 Å². The molecule has 0 atom stereocenters. The van der Waals surface area contributed by atoms with Gasteiger partial charge < -0.3 is 4.90 Å². The van der Waals surface area contributed by atoms with Crippen LogP contribution >= 0.6 is 27.3 Å². The van der Waals surface area contributed by atoms with E-state index in [0.29, 0.717) is 12.0 Å². The van der Waals surface area contributed by atoms with Crippen molar-refractivity contribution in [3.05, 3.63) is 17.3 Å². The maximum atomic E-state index is 4.89. The summed E-state index contributed by atoms with van der Waals surface area (Å²) >= 11 is 5.34. The highest BCUT2D eigenvalue weighted by Gasteiger charge is 2.23. The van der Waals surface area contributed by atoms with Crippen LogP contribution in [0.25, 0.3) is 4.96 Å². The van der Waals surface area contributed by atoms with Crippen LogP contribution in [0.3, 0.4) is 0 Å². The summed E-state index contributed by atoms with van der Waals surface area (Å²) < 4.78 is 2.21. The van der Waals surface area contributed by atoms with Gasteiger partial charge in [-0.1, -0.05) is 43.6 Å². The highest BCUT2D eigenvalue weighted by atomic mass is 79.9. The predicted molar refractivity (Wildman–Crippen MR) is 92.3 cm³/mol. The predicted octanol–water partition coefficient (Wildman–Crippen LogP) is 4.94. The molecule has 0 unspecified atom stereocenters. The van der Waals surface area contributed by atoms with Crippen molar-refractivity contribution in [1.82, 2.24) is 9.38 Å². The van der Waals surface area contributed by atoms with Gasteiger partial charge in [0.25, 0.3) is 0 Å². The molecule has 2 heterocycles. The first-order valence-corrected chi connectivity index (χ1v) is 9.39. The molecule has 2 rings (SSSR count). The van der Waals surface area contributed by atoms with E-state index in [1.165, 1.54) is 5.69 Å². The van der Waals surface area contributed by atoms with Gasteiger partial charge in [-0.05, 0) is 18.8 Å². The largest absolute Gasteiger partial charge is 0.352 e. The fourth-order valence-electron chi connectivity index (χ4n) is 2.71. The van der Waals surface area contributed by atoms with Crippen LogP contribution in [0.2, 0.25) is 0 Å². The summed E-state index contributed by atoms with van der Waals surface area (Å²) in [5.41, 5.74) is 1.27. The monoisotopic (exact) mass is 357 g/mol. The normalized spacial score (nSPS) is 11.9. The van der Waals surface area contributed by atoms with Gasteiger partial charge in [0.1, 0.15) is 0 Å². The van der Waals surface area contributed by atoms with Crippen LogP contribution in [0.4, 0.5) is 5.82 Å². The molecule has 2 aromatic heterocycles. The van der Waals surface area contributed by atoms with E-state index in [1.54, 1.807) is 11.3 Å². The van der Waals surface area contributed by atoms with Gasteiger partial charge in [-0.2, -0.15) is 0 Å². The van der Waals surface area contributed by atoms with Crippen molar-refractivity contribution >= 4 is 38.0 Å². The summed E-state index contributed by atoms with van der Waals surface area (Å²) in [7, 11) is 0. The fourth-order valence-corrected chi connectivity index (χ4v) is 3.96. The standard InChI is InChI=1S/C15H24BrN3S/c1-5-12(6-2)19(10-11(3)4)14-13(9-16)18-7-8-20-15(18)17-14/h7-8,11-12H,5-6,9-10H2,1-4H3. The molecular weight excluding hydrogens is 334 g/mol. The number of thiazole rings is 1. The lowest BCUT2D eigenvalue weighted by Crippen LogP contribution is -2.38. The van der Waals surface area contributed by atoms with E-state index >= 15 is 0 Å². The van der Waals surface area contributed by atoms with Crippen molar-refractivity contribution in [2.75, 3.05) is 11.4 Å². The highest BCUT2D eigenvalue weighted by Crippen LogP contribution is 2.29. The second-order valence-electron chi connectivity index (χ2n) is 5.59. The molecule has 20 heavy (non-hydrogen) atoms. The molecule has 0 aliphatic rings. The number of aromatic nitrogens is 2. The van der Waals surface area contributed by atoms with Gasteiger partial charge in [-0.3, -0.25) is 4.40 Å². The third kappa shape index (κ3) is 3.03. The lowest BCUT2D eigenvalue weighted by Gasteiger charge is -2.33. The van der Waals surface area contributed by atoms with Crippen LogP contribution in [-0.4, -0.2) is 22.0 Å². The lowest BCUT2D eigenvalue weighted by molar-refractivity contribution is 0.503. The smallest absolute Gasteiger partial charge is 0.195 e. The van der Waals surface area contributed by atoms with Crippen molar-refractivity contribution in [3.8, 4) is 0 Å². The molecule has 5 heteroatoms. The van der Waals surface area contributed by atoms with Gasteiger partial charge in [0.2, 0.25) is 0 Å². The van der Waals surface area contributed by atoms with Gasteiger partial charge in [-0.25, -0.2) is 4.98 Å². The van der Waals surface area contributed by atoms with E-state index in [4.69, 9.17) is 4.98 Å². The topological polar surface area (TPSA) is 20.5 Å². The van der Waals surface area contributed by atoms with E-state index in [1.807, 2.05) is 0 Å². The first kappa shape index (κ1) is 15.8. The number of anilines is 1. The molecule has 0 spiro atoms. The Labute approximate surface area is 134 Å². The van der Waals surface area contributed by atoms with Crippen molar-refractivity contribution in [2.45, 2.75) is 51.9 Å². The second-order valence-corrected chi connectivity index (χ2v) is 7.02. The van der Waals surface area contributed by atoms with E-state index in [-0.39, 0.29) is 0 Å². The maximum absolute atomic E-state index is 4.89. The first-order chi connectivity index (χ1) is 9.62. The number of rotatable bonds is 7. The number of hydrogen-bond acceptors (Lipinski definition) is 3. The van der Waals surface area contributed by atoms with Crippen LogP contribution in [0.1, 0.15) is 46.2 Å². The zero-order chi connectivity index (χ0) is 14.7. The molecule has 0 N–H and O–H groups in total. The van der Waals surface area contributed by atoms with E-state index < -0.39 is 0 Å². The Morgan fingerprint density at radius 1 is 1.35 bits per heavy atom. The number of fused-ring (bicyclic) bond motifs is 1. The van der Waals surface area contributed by atoms with Crippen LogP contribution in [0.15, 0.2) is 11.6 Å². The summed E-state index contributed by atoms with van der Waals surface area (Å²) in [4.78, 5) is 8.50. The molecule has 112 valence electrons. The van der Waals surface area contributed by atoms with Crippen LogP contribution < -0.4 is 4.90 Å². The van der Waals surface area contributed by atoms with E-state index in [0.717, 1.165) is 35.5 Å². The number of imidazole rings is 1.